The van der Waals surface area contributed by atoms with Crippen molar-refractivity contribution in [2.24, 2.45) is 0 Å². The van der Waals surface area contributed by atoms with Gasteiger partial charge in [-0.3, -0.25) is 9.78 Å². The molecule has 0 aliphatic heterocycles. The van der Waals surface area contributed by atoms with Gasteiger partial charge in [0.15, 0.2) is 0 Å². The molecule has 0 aliphatic rings. The van der Waals surface area contributed by atoms with Crippen LogP contribution in [0.1, 0.15) is 23.8 Å². The molecule has 2 heterocycles. The maximum atomic E-state index is 11.9. The molecule has 2 aromatic heterocycles. The number of amides is 1. The summed E-state index contributed by atoms with van der Waals surface area (Å²) in [4.78, 5) is 16.8. The van der Waals surface area contributed by atoms with Crippen LogP contribution in [-0.4, -0.2) is 29.7 Å². The Morgan fingerprint density at radius 3 is 3.00 bits per heavy atom. The maximum absolute atomic E-state index is 11.9. The third-order valence-electron chi connectivity index (χ3n) is 3.33. The molecule has 1 atom stereocenters. The first-order chi connectivity index (χ1) is 10.5. The van der Waals surface area contributed by atoms with Crippen molar-refractivity contribution >= 4 is 17.2 Å². The summed E-state index contributed by atoms with van der Waals surface area (Å²) >= 11 is 1.47. The number of aryl methyl sites for hydroxylation is 1. The highest BCUT2D eigenvalue weighted by molar-refractivity contribution is 7.10. The molecule has 0 saturated carbocycles. The minimum Gasteiger partial charge on any atom is -0.495 e. The van der Waals surface area contributed by atoms with Crippen LogP contribution in [0.15, 0.2) is 36.0 Å². The minimum absolute atomic E-state index is 0.0975. The summed E-state index contributed by atoms with van der Waals surface area (Å²) in [6, 6.07) is 5.60. The van der Waals surface area contributed by atoms with Gasteiger partial charge in [0.2, 0.25) is 5.91 Å². The van der Waals surface area contributed by atoms with E-state index >= 15 is 0 Å². The fourth-order valence-electron chi connectivity index (χ4n) is 2.00. The van der Waals surface area contributed by atoms with Crippen LogP contribution in [0.5, 0.6) is 5.75 Å². The zero-order valence-electron chi connectivity index (χ0n) is 12.7. The molecule has 0 saturated heterocycles. The number of rotatable bonds is 7. The summed E-state index contributed by atoms with van der Waals surface area (Å²) in [5.74, 6) is 0.582. The van der Waals surface area contributed by atoms with Crippen molar-refractivity contribution in [3.8, 4) is 5.75 Å². The Hall–Kier alpha value is -1.92. The van der Waals surface area contributed by atoms with E-state index in [1.165, 1.54) is 11.3 Å². The molecule has 0 bridgehead atoms. The topological polar surface area (TPSA) is 71.5 Å². The van der Waals surface area contributed by atoms with Crippen molar-refractivity contribution < 1.29 is 14.6 Å². The molecule has 0 fully saturated rings. The molecule has 5 nitrogen and oxygen atoms in total. The number of hydrogen-bond acceptors (Lipinski definition) is 5. The summed E-state index contributed by atoms with van der Waals surface area (Å²) < 4.78 is 5.10. The molecule has 1 unspecified atom stereocenters. The van der Waals surface area contributed by atoms with Crippen LogP contribution < -0.4 is 10.1 Å². The largest absolute Gasteiger partial charge is 0.495 e. The van der Waals surface area contributed by atoms with Crippen LogP contribution in [-0.2, 0) is 16.8 Å². The monoisotopic (exact) mass is 320 g/mol. The Labute approximate surface area is 134 Å². The number of nitrogens with one attached hydrogen (secondary N) is 1. The van der Waals surface area contributed by atoms with Crippen molar-refractivity contribution in [2.45, 2.75) is 25.4 Å². The number of hydrogen-bond donors (Lipinski definition) is 2. The zero-order valence-corrected chi connectivity index (χ0v) is 13.5. The number of thiophene rings is 1. The van der Waals surface area contributed by atoms with Crippen molar-refractivity contribution in [1.29, 1.82) is 0 Å². The second-order valence-corrected chi connectivity index (χ2v) is 6.21. The van der Waals surface area contributed by atoms with Gasteiger partial charge in [0.1, 0.15) is 11.4 Å². The predicted molar refractivity (Wildman–Crippen MR) is 86.0 cm³/mol. The number of carbonyl (C=O) groups excluding carboxylic acids is 1. The van der Waals surface area contributed by atoms with E-state index in [9.17, 15) is 9.90 Å². The smallest absolute Gasteiger partial charge is 0.220 e. The standard InChI is InChI=1S/C16H20N2O3S/c1-16(20,14-4-3-7-22-14)11-18-15(19)6-5-12-8-13(21-2)10-17-9-12/h3-4,7-10,20H,5-6,11H2,1-2H3,(H,18,19). The summed E-state index contributed by atoms with van der Waals surface area (Å²) in [5, 5.41) is 15.0. The maximum Gasteiger partial charge on any atom is 0.220 e. The average Bonchev–Trinajstić information content (AvgIpc) is 3.06. The number of ether oxygens (including phenoxy) is 1. The van der Waals surface area contributed by atoms with Gasteiger partial charge in [-0.05, 0) is 36.4 Å². The molecule has 118 valence electrons. The van der Waals surface area contributed by atoms with Crippen molar-refractivity contribution in [1.82, 2.24) is 10.3 Å². The lowest BCUT2D eigenvalue weighted by atomic mass is 10.1. The van der Waals surface area contributed by atoms with E-state index in [1.54, 1.807) is 26.4 Å². The molecule has 6 heteroatoms. The molecular formula is C16H20N2O3S. The van der Waals surface area contributed by atoms with Gasteiger partial charge >= 0.3 is 0 Å². The molecule has 1 amide bonds. The van der Waals surface area contributed by atoms with E-state index in [-0.39, 0.29) is 12.5 Å². The lowest BCUT2D eigenvalue weighted by Crippen LogP contribution is -2.38. The van der Waals surface area contributed by atoms with E-state index in [1.807, 2.05) is 23.6 Å². The second-order valence-electron chi connectivity index (χ2n) is 5.26. The number of pyridine rings is 1. The zero-order chi connectivity index (χ0) is 16.0. The molecule has 2 aromatic rings. The first kappa shape index (κ1) is 16.5. The van der Waals surface area contributed by atoms with Gasteiger partial charge in [-0.25, -0.2) is 0 Å². The molecule has 0 radical (unpaired) electrons. The molecule has 2 N–H and O–H groups in total. The quantitative estimate of drug-likeness (QED) is 0.819. The summed E-state index contributed by atoms with van der Waals surface area (Å²) in [5.41, 5.74) is -0.0963. The van der Waals surface area contributed by atoms with Gasteiger partial charge in [0.05, 0.1) is 19.9 Å². The Kier molecular flexibility index (Phi) is 5.51. The Bertz CT molecular complexity index is 612. The molecule has 2 rings (SSSR count). The first-order valence-electron chi connectivity index (χ1n) is 7.02. The fourth-order valence-corrected chi connectivity index (χ4v) is 2.79. The van der Waals surface area contributed by atoms with E-state index in [2.05, 4.69) is 10.3 Å². The van der Waals surface area contributed by atoms with Crippen LogP contribution >= 0.6 is 11.3 Å². The van der Waals surface area contributed by atoms with Crippen molar-refractivity contribution in [3.63, 3.8) is 0 Å². The molecule has 0 aliphatic carbocycles. The van der Waals surface area contributed by atoms with Crippen molar-refractivity contribution in [3.05, 3.63) is 46.4 Å². The highest BCUT2D eigenvalue weighted by atomic mass is 32.1. The second kappa shape index (κ2) is 7.38. The highest BCUT2D eigenvalue weighted by Gasteiger charge is 2.24. The van der Waals surface area contributed by atoms with E-state index in [0.717, 1.165) is 10.4 Å². The number of aromatic nitrogens is 1. The van der Waals surface area contributed by atoms with Crippen molar-refractivity contribution in [2.75, 3.05) is 13.7 Å². The van der Waals surface area contributed by atoms with Gasteiger partial charge in [-0.15, -0.1) is 11.3 Å². The third-order valence-corrected chi connectivity index (χ3v) is 4.45. The highest BCUT2D eigenvalue weighted by Crippen LogP contribution is 2.24. The van der Waals surface area contributed by atoms with E-state index in [0.29, 0.717) is 18.6 Å². The normalized spacial score (nSPS) is 13.4. The Morgan fingerprint density at radius 1 is 1.50 bits per heavy atom. The van der Waals surface area contributed by atoms with E-state index < -0.39 is 5.60 Å². The summed E-state index contributed by atoms with van der Waals surface area (Å²) in [6.07, 6.45) is 4.27. The van der Waals surface area contributed by atoms with Gasteiger partial charge in [0, 0.05) is 17.5 Å². The molecule has 22 heavy (non-hydrogen) atoms. The van der Waals surface area contributed by atoms with Gasteiger partial charge < -0.3 is 15.2 Å². The predicted octanol–water partition coefficient (Wildman–Crippen LogP) is 2.11. The van der Waals surface area contributed by atoms with Crippen LogP contribution in [0.4, 0.5) is 0 Å². The van der Waals surface area contributed by atoms with Crippen LogP contribution in [0.25, 0.3) is 0 Å². The lowest BCUT2D eigenvalue weighted by molar-refractivity contribution is -0.122. The van der Waals surface area contributed by atoms with Crippen LogP contribution in [0.3, 0.4) is 0 Å². The Balaban J connectivity index is 1.80. The minimum atomic E-state index is -1.04. The summed E-state index contributed by atoms with van der Waals surface area (Å²) in [7, 11) is 1.58. The number of aliphatic hydroxyl groups is 1. The SMILES string of the molecule is COc1cncc(CCC(=O)NCC(C)(O)c2cccs2)c1. The molecule has 0 aromatic carbocycles. The summed E-state index contributed by atoms with van der Waals surface area (Å²) in [6.45, 7) is 1.90. The molecule has 0 spiro atoms. The van der Waals surface area contributed by atoms with Crippen LogP contribution in [0.2, 0.25) is 0 Å². The number of carbonyl (C=O) groups is 1. The number of methoxy groups -OCH3 is 1. The third kappa shape index (κ3) is 4.54. The average molecular weight is 320 g/mol. The molecular weight excluding hydrogens is 300 g/mol. The van der Waals surface area contributed by atoms with Gasteiger partial charge in [-0.1, -0.05) is 6.07 Å². The number of nitrogens with zero attached hydrogens (tertiary/aromatic N) is 1. The first-order valence-corrected chi connectivity index (χ1v) is 7.90. The van der Waals surface area contributed by atoms with Crippen LogP contribution in [0, 0.1) is 0 Å². The van der Waals surface area contributed by atoms with Gasteiger partial charge in [-0.2, -0.15) is 0 Å². The van der Waals surface area contributed by atoms with E-state index in [4.69, 9.17) is 4.74 Å². The lowest BCUT2D eigenvalue weighted by Gasteiger charge is -2.22. The fraction of sp³-hybridized carbons (Fsp3) is 0.375. The van der Waals surface area contributed by atoms with Gasteiger partial charge in [0.25, 0.3) is 0 Å². The Morgan fingerprint density at radius 2 is 2.32 bits per heavy atom.